The van der Waals surface area contributed by atoms with Gasteiger partial charge < -0.3 is 9.84 Å². The molecule has 1 N–H and O–H groups in total. The quantitative estimate of drug-likeness (QED) is 0.749. The highest BCUT2D eigenvalue weighted by atomic mass is 16.6. The fraction of sp³-hybridized carbons (Fsp3) is 0.143. The number of fused-ring (bicyclic) bond motifs is 3. The molecule has 0 radical (unpaired) electrons. The van der Waals surface area contributed by atoms with Crippen LogP contribution in [0.3, 0.4) is 0 Å². The molecule has 1 aliphatic carbocycles. The van der Waals surface area contributed by atoms with E-state index in [1.54, 1.807) is 0 Å². The standard InChI is InChI=1S/C21H17N3O4/c1-24(18-10-11-22-19(23-18)20(25)26)21(27)28-12-17-15-8-4-2-6-13(15)14-7-3-5-9-16(14)17/h2-11,17H,12H2,1H3,(H,25,26). The minimum absolute atomic E-state index is 0.0512. The third-order valence-electron chi connectivity index (χ3n) is 4.79. The Morgan fingerprint density at radius 2 is 1.64 bits per heavy atom. The van der Waals surface area contributed by atoms with E-state index in [1.165, 1.54) is 24.2 Å². The first-order valence-corrected chi connectivity index (χ1v) is 8.71. The van der Waals surface area contributed by atoms with Crippen LogP contribution in [-0.4, -0.2) is 40.8 Å². The summed E-state index contributed by atoms with van der Waals surface area (Å²) in [6, 6.07) is 17.6. The zero-order chi connectivity index (χ0) is 19.7. The minimum Gasteiger partial charge on any atom is -0.475 e. The summed E-state index contributed by atoms with van der Waals surface area (Å²) in [6.07, 6.45) is 0.677. The molecule has 2 aromatic carbocycles. The van der Waals surface area contributed by atoms with Gasteiger partial charge in [-0.1, -0.05) is 48.5 Å². The van der Waals surface area contributed by atoms with Crippen molar-refractivity contribution in [1.82, 2.24) is 9.97 Å². The van der Waals surface area contributed by atoms with Crippen molar-refractivity contribution in [2.45, 2.75) is 5.92 Å². The Bertz CT molecular complexity index is 1020. The second kappa shape index (κ2) is 7.11. The molecule has 28 heavy (non-hydrogen) atoms. The average Bonchev–Trinajstić information content (AvgIpc) is 3.05. The van der Waals surface area contributed by atoms with Gasteiger partial charge in [-0.05, 0) is 28.3 Å². The summed E-state index contributed by atoms with van der Waals surface area (Å²) < 4.78 is 5.54. The molecule has 3 aromatic rings. The number of hydrogen-bond acceptors (Lipinski definition) is 5. The molecule has 1 aromatic heterocycles. The van der Waals surface area contributed by atoms with Gasteiger partial charge >= 0.3 is 12.1 Å². The van der Waals surface area contributed by atoms with E-state index in [4.69, 9.17) is 9.84 Å². The van der Waals surface area contributed by atoms with Crippen LogP contribution >= 0.6 is 0 Å². The number of aromatic nitrogens is 2. The van der Waals surface area contributed by atoms with Gasteiger partial charge in [0.15, 0.2) is 0 Å². The molecule has 1 aliphatic rings. The maximum absolute atomic E-state index is 12.5. The highest BCUT2D eigenvalue weighted by molar-refractivity contribution is 5.88. The molecule has 0 saturated heterocycles. The number of amides is 1. The van der Waals surface area contributed by atoms with Gasteiger partial charge in [-0.15, -0.1) is 0 Å². The van der Waals surface area contributed by atoms with Crippen LogP contribution in [0.25, 0.3) is 11.1 Å². The number of ether oxygens (including phenoxy) is 1. The van der Waals surface area contributed by atoms with Crippen molar-refractivity contribution in [2.24, 2.45) is 0 Å². The van der Waals surface area contributed by atoms with Crippen molar-refractivity contribution in [3.8, 4) is 11.1 Å². The van der Waals surface area contributed by atoms with E-state index >= 15 is 0 Å². The Labute approximate surface area is 161 Å². The monoisotopic (exact) mass is 375 g/mol. The van der Waals surface area contributed by atoms with Gasteiger partial charge in [-0.25, -0.2) is 19.6 Å². The van der Waals surface area contributed by atoms with Gasteiger partial charge in [0.05, 0.1) is 0 Å². The number of hydrogen-bond donors (Lipinski definition) is 1. The molecule has 0 atom stereocenters. The first-order valence-electron chi connectivity index (χ1n) is 8.71. The number of carboxylic acid groups (broad SMARTS) is 1. The summed E-state index contributed by atoms with van der Waals surface area (Å²) in [5.74, 6) is -1.53. The predicted molar refractivity (Wildman–Crippen MR) is 102 cm³/mol. The molecule has 0 saturated carbocycles. The van der Waals surface area contributed by atoms with E-state index in [2.05, 4.69) is 22.1 Å². The van der Waals surface area contributed by atoms with Crippen LogP contribution in [-0.2, 0) is 4.74 Å². The molecule has 140 valence electrons. The SMILES string of the molecule is CN(C(=O)OCC1c2ccccc2-c2ccccc21)c1ccnc(C(=O)O)n1. The third kappa shape index (κ3) is 3.07. The molecule has 7 nitrogen and oxygen atoms in total. The Morgan fingerprint density at radius 3 is 2.25 bits per heavy atom. The first kappa shape index (κ1) is 17.7. The van der Waals surface area contributed by atoms with E-state index in [9.17, 15) is 9.59 Å². The Hall–Kier alpha value is -3.74. The summed E-state index contributed by atoms with van der Waals surface area (Å²) in [7, 11) is 1.48. The van der Waals surface area contributed by atoms with Gasteiger partial charge in [-0.2, -0.15) is 0 Å². The molecule has 0 unspecified atom stereocenters. The summed E-state index contributed by atoms with van der Waals surface area (Å²) in [6.45, 7) is 0.175. The van der Waals surface area contributed by atoms with Crippen LogP contribution in [0.4, 0.5) is 10.6 Å². The van der Waals surface area contributed by atoms with Gasteiger partial charge in [0.25, 0.3) is 0 Å². The highest BCUT2D eigenvalue weighted by Gasteiger charge is 2.29. The van der Waals surface area contributed by atoms with E-state index < -0.39 is 12.1 Å². The normalized spacial score (nSPS) is 12.2. The molecule has 1 amide bonds. The Balaban J connectivity index is 1.52. The first-order chi connectivity index (χ1) is 13.6. The van der Waals surface area contributed by atoms with E-state index in [-0.39, 0.29) is 24.2 Å². The highest BCUT2D eigenvalue weighted by Crippen LogP contribution is 2.44. The zero-order valence-electron chi connectivity index (χ0n) is 15.1. The average molecular weight is 375 g/mol. The second-order valence-corrected chi connectivity index (χ2v) is 6.41. The van der Waals surface area contributed by atoms with Crippen molar-refractivity contribution in [3.63, 3.8) is 0 Å². The maximum atomic E-state index is 12.5. The minimum atomic E-state index is -1.26. The number of carbonyl (C=O) groups is 2. The summed E-state index contributed by atoms with van der Waals surface area (Å²) in [4.78, 5) is 32.2. The topological polar surface area (TPSA) is 92.6 Å². The number of nitrogens with zero attached hydrogens (tertiary/aromatic N) is 3. The molecule has 0 spiro atoms. The summed E-state index contributed by atoms with van der Waals surface area (Å²) in [5.41, 5.74) is 4.53. The van der Waals surface area contributed by atoms with Crippen molar-refractivity contribution < 1.29 is 19.4 Å². The number of carboxylic acids is 1. The predicted octanol–water partition coefficient (Wildman–Crippen LogP) is 3.56. The van der Waals surface area contributed by atoms with Crippen molar-refractivity contribution in [2.75, 3.05) is 18.6 Å². The second-order valence-electron chi connectivity index (χ2n) is 6.41. The fourth-order valence-corrected chi connectivity index (χ4v) is 3.42. The van der Waals surface area contributed by atoms with Crippen LogP contribution < -0.4 is 4.90 Å². The van der Waals surface area contributed by atoms with Crippen LogP contribution in [0.1, 0.15) is 27.7 Å². The molecular formula is C21H17N3O4. The summed E-state index contributed by atoms with van der Waals surface area (Å²) >= 11 is 0. The molecule has 0 bridgehead atoms. The number of benzene rings is 2. The van der Waals surface area contributed by atoms with E-state index in [0.29, 0.717) is 0 Å². The largest absolute Gasteiger partial charge is 0.475 e. The third-order valence-corrected chi connectivity index (χ3v) is 4.79. The fourth-order valence-electron chi connectivity index (χ4n) is 3.42. The van der Waals surface area contributed by atoms with E-state index in [1.807, 2.05) is 36.4 Å². The number of aromatic carboxylic acids is 1. The van der Waals surface area contributed by atoms with Gasteiger partial charge in [0, 0.05) is 19.2 Å². The van der Waals surface area contributed by atoms with Crippen LogP contribution in [0.15, 0.2) is 60.8 Å². The van der Waals surface area contributed by atoms with Crippen molar-refractivity contribution in [1.29, 1.82) is 0 Å². The van der Waals surface area contributed by atoms with Crippen molar-refractivity contribution >= 4 is 17.9 Å². The molecular weight excluding hydrogens is 358 g/mol. The Kier molecular flexibility index (Phi) is 4.49. The van der Waals surface area contributed by atoms with E-state index in [0.717, 1.165) is 22.3 Å². The lowest BCUT2D eigenvalue weighted by Crippen LogP contribution is -2.29. The molecule has 4 rings (SSSR count). The zero-order valence-corrected chi connectivity index (χ0v) is 15.1. The number of carbonyl (C=O) groups excluding carboxylic acids is 1. The van der Waals surface area contributed by atoms with Crippen LogP contribution in [0.2, 0.25) is 0 Å². The Morgan fingerprint density at radius 1 is 1.04 bits per heavy atom. The van der Waals surface area contributed by atoms with Crippen molar-refractivity contribution in [3.05, 3.63) is 77.7 Å². The smallest absolute Gasteiger partial charge is 0.415 e. The summed E-state index contributed by atoms with van der Waals surface area (Å²) in [5, 5.41) is 9.00. The number of anilines is 1. The van der Waals surface area contributed by atoms with Crippen LogP contribution in [0, 0.1) is 0 Å². The van der Waals surface area contributed by atoms with Gasteiger partial charge in [-0.3, -0.25) is 4.90 Å². The molecule has 1 heterocycles. The number of rotatable bonds is 4. The molecule has 7 heteroatoms. The lowest BCUT2D eigenvalue weighted by Gasteiger charge is -2.19. The van der Waals surface area contributed by atoms with Gasteiger partial charge in [0.1, 0.15) is 12.4 Å². The lowest BCUT2D eigenvalue weighted by atomic mass is 9.98. The lowest BCUT2D eigenvalue weighted by molar-refractivity contribution is 0.0683. The van der Waals surface area contributed by atoms with Crippen LogP contribution in [0.5, 0.6) is 0 Å². The molecule has 0 fully saturated rings. The maximum Gasteiger partial charge on any atom is 0.415 e. The van der Waals surface area contributed by atoms with Gasteiger partial charge in [0.2, 0.25) is 5.82 Å². The molecule has 0 aliphatic heterocycles.